The molecule has 1 fully saturated rings. The van der Waals surface area contributed by atoms with E-state index >= 15 is 0 Å². The van der Waals surface area contributed by atoms with Crippen LogP contribution < -0.4 is 20.1 Å². The van der Waals surface area contributed by atoms with Crippen molar-refractivity contribution in [2.24, 2.45) is 5.92 Å². The molecule has 2 heterocycles. The van der Waals surface area contributed by atoms with E-state index in [0.717, 1.165) is 5.56 Å². The first-order chi connectivity index (χ1) is 15.4. The second kappa shape index (κ2) is 9.56. The SMILES string of the molecule is CC(NC(=O)N1CCC(C(=O)Nc2cc(Cl)ccc2O)CC1)c1ccc2c(c1)OCCO2. The maximum atomic E-state index is 12.7. The van der Waals surface area contributed by atoms with Crippen molar-refractivity contribution in [1.82, 2.24) is 10.2 Å². The summed E-state index contributed by atoms with van der Waals surface area (Å²) in [6.07, 6.45) is 1.08. The lowest BCUT2D eigenvalue weighted by Crippen LogP contribution is -2.46. The van der Waals surface area contributed by atoms with Crippen molar-refractivity contribution < 1.29 is 24.2 Å². The summed E-state index contributed by atoms with van der Waals surface area (Å²) in [5.74, 6) is 0.935. The average molecular weight is 460 g/mol. The molecule has 2 aromatic rings. The highest BCUT2D eigenvalue weighted by Gasteiger charge is 2.28. The van der Waals surface area contributed by atoms with Crippen LogP contribution in [0, 0.1) is 5.92 Å². The minimum atomic E-state index is -0.243. The van der Waals surface area contributed by atoms with E-state index in [9.17, 15) is 14.7 Å². The van der Waals surface area contributed by atoms with Crippen molar-refractivity contribution >= 4 is 29.2 Å². The van der Waals surface area contributed by atoms with Crippen LogP contribution in [0.3, 0.4) is 0 Å². The number of carbonyl (C=O) groups is 2. The summed E-state index contributed by atoms with van der Waals surface area (Å²) >= 11 is 5.93. The molecule has 2 aliphatic heterocycles. The van der Waals surface area contributed by atoms with Gasteiger partial charge in [-0.25, -0.2) is 4.79 Å². The van der Waals surface area contributed by atoms with Gasteiger partial charge in [0.05, 0.1) is 11.7 Å². The number of anilines is 1. The van der Waals surface area contributed by atoms with Crippen molar-refractivity contribution in [1.29, 1.82) is 0 Å². The summed E-state index contributed by atoms with van der Waals surface area (Å²) < 4.78 is 11.2. The van der Waals surface area contributed by atoms with Gasteiger partial charge in [0.25, 0.3) is 0 Å². The molecule has 9 heteroatoms. The number of amides is 3. The van der Waals surface area contributed by atoms with Gasteiger partial charge in [-0.1, -0.05) is 17.7 Å². The highest BCUT2D eigenvalue weighted by Crippen LogP contribution is 2.33. The topological polar surface area (TPSA) is 100 Å². The Morgan fingerprint density at radius 3 is 2.56 bits per heavy atom. The number of urea groups is 1. The van der Waals surface area contributed by atoms with Crippen LogP contribution in [-0.2, 0) is 4.79 Å². The zero-order valence-electron chi connectivity index (χ0n) is 17.8. The van der Waals surface area contributed by atoms with Crippen LogP contribution in [0.4, 0.5) is 10.5 Å². The van der Waals surface area contributed by atoms with E-state index in [-0.39, 0.29) is 35.3 Å². The number of fused-ring (bicyclic) bond motifs is 1. The normalized spacial score (nSPS) is 16.9. The number of phenols is 1. The summed E-state index contributed by atoms with van der Waals surface area (Å²) in [6, 6.07) is 9.79. The molecule has 8 nitrogen and oxygen atoms in total. The summed E-state index contributed by atoms with van der Waals surface area (Å²) in [4.78, 5) is 27.0. The minimum absolute atomic E-state index is 0.0345. The molecule has 0 spiro atoms. The molecular formula is C23H26ClN3O5. The van der Waals surface area contributed by atoms with Crippen molar-refractivity contribution in [3.05, 3.63) is 47.0 Å². The van der Waals surface area contributed by atoms with Gasteiger partial charge in [0, 0.05) is 24.0 Å². The molecule has 3 N–H and O–H groups in total. The van der Waals surface area contributed by atoms with Crippen molar-refractivity contribution in [2.75, 3.05) is 31.6 Å². The minimum Gasteiger partial charge on any atom is -0.506 e. The Kier molecular flexibility index (Phi) is 6.60. The number of ether oxygens (including phenoxy) is 2. The zero-order chi connectivity index (χ0) is 22.7. The fraction of sp³-hybridized carbons (Fsp3) is 0.391. The van der Waals surface area contributed by atoms with Gasteiger partial charge in [-0.15, -0.1) is 0 Å². The van der Waals surface area contributed by atoms with E-state index in [4.69, 9.17) is 21.1 Å². The molecule has 1 atom stereocenters. The number of halogens is 1. The molecule has 0 aliphatic carbocycles. The molecule has 0 bridgehead atoms. The van der Waals surface area contributed by atoms with E-state index in [1.165, 1.54) is 12.1 Å². The second-order valence-electron chi connectivity index (χ2n) is 7.99. The molecule has 2 aromatic carbocycles. The summed E-state index contributed by atoms with van der Waals surface area (Å²) in [5, 5.41) is 16.1. The van der Waals surface area contributed by atoms with Crippen LogP contribution in [0.15, 0.2) is 36.4 Å². The largest absolute Gasteiger partial charge is 0.506 e. The lowest BCUT2D eigenvalue weighted by atomic mass is 9.96. The van der Waals surface area contributed by atoms with Crippen molar-refractivity contribution in [2.45, 2.75) is 25.8 Å². The molecule has 4 rings (SSSR count). The number of rotatable bonds is 4. The predicted octanol–water partition coefficient (Wildman–Crippen LogP) is 3.94. The monoisotopic (exact) mass is 459 g/mol. The number of hydrogen-bond acceptors (Lipinski definition) is 5. The highest BCUT2D eigenvalue weighted by molar-refractivity contribution is 6.31. The summed E-state index contributed by atoms with van der Waals surface area (Å²) in [6.45, 7) is 3.91. The first-order valence-corrected chi connectivity index (χ1v) is 11.0. The van der Waals surface area contributed by atoms with E-state index < -0.39 is 0 Å². The van der Waals surface area contributed by atoms with Crippen molar-refractivity contribution in [3.8, 4) is 17.2 Å². The summed E-state index contributed by atoms with van der Waals surface area (Å²) in [7, 11) is 0. The third kappa shape index (κ3) is 5.02. The zero-order valence-corrected chi connectivity index (χ0v) is 18.5. The van der Waals surface area contributed by atoms with Crippen molar-refractivity contribution in [3.63, 3.8) is 0 Å². The van der Waals surface area contributed by atoms with Crippen LogP contribution in [0.2, 0.25) is 5.02 Å². The fourth-order valence-corrected chi connectivity index (χ4v) is 4.05. The number of hydrogen-bond donors (Lipinski definition) is 3. The number of piperidine rings is 1. The molecule has 1 saturated heterocycles. The lowest BCUT2D eigenvalue weighted by molar-refractivity contribution is -0.121. The van der Waals surface area contributed by atoms with Crippen LogP contribution in [-0.4, -0.2) is 48.2 Å². The molecule has 32 heavy (non-hydrogen) atoms. The van der Waals surface area contributed by atoms with Gasteiger partial charge in [-0.3, -0.25) is 4.79 Å². The van der Waals surface area contributed by atoms with Gasteiger partial charge < -0.3 is 30.1 Å². The quantitative estimate of drug-likeness (QED) is 0.601. The van der Waals surface area contributed by atoms with Crippen LogP contribution in [0.25, 0.3) is 0 Å². The van der Waals surface area contributed by atoms with E-state index in [0.29, 0.717) is 55.7 Å². The number of nitrogens with one attached hydrogen (secondary N) is 2. The maximum Gasteiger partial charge on any atom is 0.317 e. The Morgan fingerprint density at radius 2 is 1.81 bits per heavy atom. The number of carbonyl (C=O) groups excluding carboxylic acids is 2. The maximum absolute atomic E-state index is 12.7. The molecule has 0 radical (unpaired) electrons. The standard InChI is InChI=1S/C23H26ClN3O5/c1-14(16-2-5-20-21(12-16)32-11-10-31-20)25-23(30)27-8-6-15(7-9-27)22(29)26-18-13-17(24)3-4-19(18)28/h2-5,12-15,28H,6-11H2,1H3,(H,25,30)(H,26,29). The van der Waals surface area contributed by atoms with Gasteiger partial charge in [0.15, 0.2) is 11.5 Å². The second-order valence-corrected chi connectivity index (χ2v) is 8.42. The van der Waals surface area contributed by atoms with Crippen LogP contribution in [0.5, 0.6) is 17.2 Å². The molecule has 170 valence electrons. The van der Waals surface area contributed by atoms with Gasteiger partial charge in [0.2, 0.25) is 5.91 Å². The van der Waals surface area contributed by atoms with Gasteiger partial charge in [0.1, 0.15) is 19.0 Å². The Bertz CT molecular complexity index is 1010. The van der Waals surface area contributed by atoms with E-state index in [1.54, 1.807) is 11.0 Å². The molecule has 2 aliphatic rings. The van der Waals surface area contributed by atoms with Crippen LogP contribution >= 0.6 is 11.6 Å². The number of nitrogens with zero attached hydrogens (tertiary/aromatic N) is 1. The van der Waals surface area contributed by atoms with Gasteiger partial charge >= 0.3 is 6.03 Å². The average Bonchev–Trinajstić information content (AvgIpc) is 2.81. The van der Waals surface area contributed by atoms with E-state index in [2.05, 4.69) is 10.6 Å². The van der Waals surface area contributed by atoms with Gasteiger partial charge in [-0.2, -0.15) is 0 Å². The Labute approximate surface area is 191 Å². The number of aromatic hydroxyl groups is 1. The smallest absolute Gasteiger partial charge is 0.317 e. The fourth-order valence-electron chi connectivity index (χ4n) is 3.88. The lowest BCUT2D eigenvalue weighted by Gasteiger charge is -2.32. The Morgan fingerprint density at radius 1 is 1.09 bits per heavy atom. The highest BCUT2D eigenvalue weighted by atomic mass is 35.5. The molecule has 0 saturated carbocycles. The first-order valence-electron chi connectivity index (χ1n) is 10.6. The summed E-state index contributed by atoms with van der Waals surface area (Å²) in [5.41, 5.74) is 1.22. The third-order valence-electron chi connectivity index (χ3n) is 5.78. The number of benzene rings is 2. The van der Waals surface area contributed by atoms with Crippen LogP contribution in [0.1, 0.15) is 31.4 Å². The Balaban J connectivity index is 1.28. The number of phenolic OH excluding ortho intramolecular Hbond substituents is 1. The first kappa shape index (κ1) is 22.1. The number of likely N-dealkylation sites (tertiary alicyclic amines) is 1. The van der Waals surface area contributed by atoms with E-state index in [1.807, 2.05) is 25.1 Å². The molecule has 1 unspecified atom stereocenters. The Hall–Kier alpha value is -3.13. The van der Waals surface area contributed by atoms with Gasteiger partial charge in [-0.05, 0) is 55.7 Å². The third-order valence-corrected chi connectivity index (χ3v) is 6.01. The molecular weight excluding hydrogens is 434 g/mol. The molecule has 3 amide bonds. The molecule has 0 aromatic heterocycles. The predicted molar refractivity (Wildman–Crippen MR) is 120 cm³/mol.